The number of carbonyl (C=O) groups excluding carboxylic acids is 2. The van der Waals surface area contributed by atoms with Crippen LogP contribution in [0, 0.1) is 17.0 Å². The Labute approximate surface area is 294 Å². The fraction of sp³-hybridized carbons (Fsp3) is 0.615. The highest BCUT2D eigenvalue weighted by Crippen LogP contribution is 2.51. The van der Waals surface area contributed by atoms with E-state index in [-0.39, 0.29) is 18.4 Å². The van der Waals surface area contributed by atoms with Gasteiger partial charge in [-0.1, -0.05) is 12.1 Å². The van der Waals surface area contributed by atoms with Gasteiger partial charge in [0.15, 0.2) is 0 Å². The van der Waals surface area contributed by atoms with Gasteiger partial charge in [-0.3, -0.25) is 29.4 Å². The standard InChI is InChI=1S/C39H50F2N6O3/c1-38(2,50)26-4-3-25-24-47(43-34(25)19-26)28-7-5-27(6-8-28)45-15-17-46(18-16-45)30-22-39(23-30)11-13-44(14-12-39)29-20-32(40)36(33(41)21-29)31-9-10-35(48)42-37(31)49/h3-4,19-21,24,27-28,30-31,50H,5-18,22-23H2,1-2H3,(H,42,48,49)/t27?,28?,31-/m1/s1/i4D. The number of carbonyl (C=O) groups is 2. The van der Waals surface area contributed by atoms with Gasteiger partial charge in [0.25, 0.3) is 0 Å². The van der Waals surface area contributed by atoms with Gasteiger partial charge in [-0.25, -0.2) is 8.78 Å². The topological polar surface area (TPSA) is 93.9 Å². The third-order valence-corrected chi connectivity index (χ3v) is 12.7. The smallest absolute Gasteiger partial charge is 0.234 e. The Bertz CT molecular complexity index is 1790. The van der Waals surface area contributed by atoms with Gasteiger partial charge >= 0.3 is 0 Å². The molecular weight excluding hydrogens is 638 g/mol. The maximum absolute atomic E-state index is 15.2. The number of nitrogens with zero attached hydrogens (tertiary/aromatic N) is 5. The van der Waals surface area contributed by atoms with E-state index in [1.54, 1.807) is 13.8 Å². The van der Waals surface area contributed by atoms with E-state index in [4.69, 9.17) is 6.47 Å². The largest absolute Gasteiger partial charge is 0.386 e. The van der Waals surface area contributed by atoms with Crippen molar-refractivity contribution in [3.63, 3.8) is 0 Å². The van der Waals surface area contributed by atoms with Gasteiger partial charge in [0, 0.05) is 80.6 Å². The van der Waals surface area contributed by atoms with Crippen LogP contribution in [0.15, 0.2) is 36.5 Å². The molecule has 0 unspecified atom stereocenters. The lowest BCUT2D eigenvalue weighted by Gasteiger charge is -2.57. The van der Waals surface area contributed by atoms with Crippen LogP contribution in [-0.4, -0.2) is 87.9 Å². The van der Waals surface area contributed by atoms with E-state index in [0.717, 1.165) is 88.7 Å². The molecule has 5 fully saturated rings. The number of nitrogens with one attached hydrogen (secondary N) is 1. The van der Waals surface area contributed by atoms with Gasteiger partial charge in [-0.15, -0.1) is 0 Å². The van der Waals surface area contributed by atoms with Crippen LogP contribution < -0.4 is 10.2 Å². The first kappa shape index (κ1) is 32.5. The average Bonchev–Trinajstić information content (AvgIpc) is 3.50. The highest BCUT2D eigenvalue weighted by atomic mass is 19.1. The van der Waals surface area contributed by atoms with Gasteiger partial charge in [0.05, 0.1) is 24.4 Å². The summed E-state index contributed by atoms with van der Waals surface area (Å²) in [5.41, 5.74) is 0.984. The molecule has 2 saturated carbocycles. The summed E-state index contributed by atoms with van der Waals surface area (Å²) in [5.74, 6) is -3.44. The maximum Gasteiger partial charge on any atom is 0.234 e. The van der Waals surface area contributed by atoms with Crippen molar-refractivity contribution in [2.75, 3.05) is 44.2 Å². The maximum atomic E-state index is 15.2. The Balaban J connectivity index is 0.789. The number of halogens is 2. The Morgan fingerprint density at radius 2 is 1.52 bits per heavy atom. The molecule has 268 valence electrons. The molecule has 2 N–H and O–H groups in total. The second-order valence-electron chi connectivity index (χ2n) is 16.3. The zero-order valence-electron chi connectivity index (χ0n) is 30.3. The number of hydrogen-bond acceptors (Lipinski definition) is 7. The predicted octanol–water partition coefficient (Wildman–Crippen LogP) is 5.61. The van der Waals surface area contributed by atoms with Crippen LogP contribution in [-0.2, 0) is 15.2 Å². The van der Waals surface area contributed by atoms with Gasteiger partial charge in [0.1, 0.15) is 11.6 Å². The normalized spacial score (nSPS) is 27.4. The summed E-state index contributed by atoms with van der Waals surface area (Å²) in [4.78, 5) is 31.2. The van der Waals surface area contributed by atoms with E-state index in [1.165, 1.54) is 25.0 Å². The van der Waals surface area contributed by atoms with Crippen LogP contribution in [0.1, 0.15) is 103 Å². The molecule has 2 amide bonds. The molecule has 5 aliphatic rings. The van der Waals surface area contributed by atoms with Crippen LogP contribution in [0.5, 0.6) is 0 Å². The lowest BCUT2D eigenvalue weighted by atomic mass is 9.60. The summed E-state index contributed by atoms with van der Waals surface area (Å²) in [6, 6.07) is 8.35. The van der Waals surface area contributed by atoms with Crippen LogP contribution in [0.3, 0.4) is 0 Å². The number of anilines is 1. The van der Waals surface area contributed by atoms with E-state index in [0.29, 0.717) is 40.8 Å². The van der Waals surface area contributed by atoms with Crippen molar-refractivity contribution in [3.8, 4) is 0 Å². The Kier molecular flexibility index (Phi) is 8.43. The summed E-state index contributed by atoms with van der Waals surface area (Å²) >= 11 is 0. The second kappa shape index (κ2) is 13.0. The number of hydrogen-bond donors (Lipinski definition) is 2. The highest BCUT2D eigenvalue weighted by molar-refractivity contribution is 6.01. The van der Waals surface area contributed by atoms with Crippen LogP contribution in [0.2, 0.25) is 0 Å². The van der Waals surface area contributed by atoms with Gasteiger partial charge in [-0.2, -0.15) is 5.10 Å². The number of rotatable bonds is 6. The van der Waals surface area contributed by atoms with Crippen LogP contribution in [0.4, 0.5) is 14.5 Å². The first-order valence-electron chi connectivity index (χ1n) is 19.1. The lowest BCUT2D eigenvalue weighted by molar-refractivity contribution is -0.134. The number of amides is 2. The van der Waals surface area contributed by atoms with E-state index in [1.807, 2.05) is 12.1 Å². The Morgan fingerprint density at radius 1 is 0.900 bits per heavy atom. The fourth-order valence-electron chi connectivity index (χ4n) is 9.57. The average molecular weight is 690 g/mol. The van der Waals surface area contributed by atoms with Crippen molar-refractivity contribution >= 4 is 28.4 Å². The molecule has 9 nitrogen and oxygen atoms in total. The first-order chi connectivity index (χ1) is 24.4. The first-order valence-corrected chi connectivity index (χ1v) is 18.6. The number of benzene rings is 2. The van der Waals surface area contributed by atoms with E-state index >= 15 is 8.78 Å². The summed E-state index contributed by atoms with van der Waals surface area (Å²) in [5, 5.41) is 18.5. The molecule has 3 aliphatic heterocycles. The number of piperazine rings is 1. The molecule has 2 aromatic carbocycles. The van der Waals surface area contributed by atoms with Crippen molar-refractivity contribution in [2.45, 2.75) is 108 Å². The Hall–Kier alpha value is -3.41. The molecule has 1 atom stereocenters. The van der Waals surface area contributed by atoms with Crippen molar-refractivity contribution in [1.29, 1.82) is 0 Å². The molecule has 3 saturated heterocycles. The molecule has 0 bridgehead atoms. The fourth-order valence-corrected chi connectivity index (χ4v) is 9.57. The molecule has 3 aromatic rings. The molecule has 1 aromatic heterocycles. The highest BCUT2D eigenvalue weighted by Gasteiger charge is 2.48. The van der Waals surface area contributed by atoms with Crippen LogP contribution in [0.25, 0.3) is 10.9 Å². The van der Waals surface area contributed by atoms with Gasteiger partial charge < -0.3 is 10.0 Å². The molecule has 0 radical (unpaired) electrons. The van der Waals surface area contributed by atoms with Crippen molar-refractivity contribution < 1.29 is 24.8 Å². The predicted molar refractivity (Wildman–Crippen MR) is 188 cm³/mol. The third-order valence-electron chi connectivity index (χ3n) is 12.7. The third kappa shape index (κ3) is 6.45. The zero-order chi connectivity index (χ0) is 35.7. The van der Waals surface area contributed by atoms with Crippen molar-refractivity contribution in [2.24, 2.45) is 5.41 Å². The van der Waals surface area contributed by atoms with Crippen LogP contribution >= 0.6 is 0 Å². The van der Waals surface area contributed by atoms with E-state index < -0.39 is 35.0 Å². The molecule has 4 heterocycles. The number of imide groups is 1. The van der Waals surface area contributed by atoms with Gasteiger partial charge in [-0.05, 0) is 101 Å². The monoisotopic (exact) mass is 689 g/mol. The Morgan fingerprint density at radius 3 is 2.14 bits per heavy atom. The second-order valence-corrected chi connectivity index (χ2v) is 16.3. The minimum atomic E-state index is -1.07. The quantitative estimate of drug-likeness (QED) is 0.325. The number of aliphatic hydroxyl groups is 1. The minimum Gasteiger partial charge on any atom is -0.386 e. The van der Waals surface area contributed by atoms with Gasteiger partial charge in [0.2, 0.25) is 11.8 Å². The molecular formula is C39H50F2N6O3. The SMILES string of the molecule is [2H]c1cc2cn(C3CCC(N4CCN(C5CC6(CCN(c7cc(F)c([C@H]8CCC(=O)NC8=O)c(F)c7)CC6)C5)CC4)CC3)nc2cc1C(C)(C)O. The zero-order valence-corrected chi connectivity index (χ0v) is 29.3. The molecule has 8 rings (SSSR count). The molecule has 2 aliphatic carbocycles. The van der Waals surface area contributed by atoms with Crippen molar-refractivity contribution in [3.05, 3.63) is 59.3 Å². The van der Waals surface area contributed by atoms with E-state index in [9.17, 15) is 14.7 Å². The summed E-state index contributed by atoms with van der Waals surface area (Å²) in [6.07, 6.45) is 11.2. The number of fused-ring (bicyclic) bond motifs is 1. The minimum absolute atomic E-state index is 0.0811. The number of piperidine rings is 2. The summed E-state index contributed by atoms with van der Waals surface area (Å²) in [7, 11) is 0. The lowest BCUT2D eigenvalue weighted by Crippen LogP contribution is -2.60. The molecule has 11 heteroatoms. The number of aromatic nitrogens is 2. The molecule has 1 spiro atoms. The summed E-state index contributed by atoms with van der Waals surface area (Å²) in [6.45, 7) is 9.38. The van der Waals surface area contributed by atoms with E-state index in [2.05, 4.69) is 30.9 Å². The summed E-state index contributed by atoms with van der Waals surface area (Å²) < 4.78 is 40.8. The molecule has 50 heavy (non-hydrogen) atoms. The van der Waals surface area contributed by atoms with Crippen molar-refractivity contribution in [1.82, 2.24) is 24.9 Å².